The van der Waals surface area contributed by atoms with Gasteiger partial charge in [-0.3, -0.25) is 4.79 Å². The number of hydrogen-bond donors (Lipinski definition) is 3. The van der Waals surface area contributed by atoms with Crippen LogP contribution in [0.5, 0.6) is 5.75 Å². The summed E-state index contributed by atoms with van der Waals surface area (Å²) in [5.74, 6) is 0.420. The fourth-order valence-electron chi connectivity index (χ4n) is 4.11. The first-order valence-electron chi connectivity index (χ1n) is 9.44. The molecule has 0 spiro atoms. The minimum atomic E-state index is -1.28. The average molecular weight is 396 g/mol. The Hall–Kier alpha value is -2.71. The predicted octanol–water partition coefficient (Wildman–Crippen LogP) is 1.68. The fraction of sp³-hybridized carbons (Fsp3) is 0.318. The monoisotopic (exact) mass is 396 g/mol. The number of aliphatic hydroxyl groups excluding tert-OH is 3. The molecular formula is C22H20O7. The molecule has 5 rings (SSSR count). The molecule has 29 heavy (non-hydrogen) atoms. The van der Waals surface area contributed by atoms with Gasteiger partial charge in [-0.25, -0.2) is 0 Å². The Morgan fingerprint density at radius 3 is 2.52 bits per heavy atom. The van der Waals surface area contributed by atoms with Gasteiger partial charge in [-0.15, -0.1) is 0 Å². The molecular weight excluding hydrogens is 376 g/mol. The number of ether oxygens (including phenoxy) is 2. The van der Waals surface area contributed by atoms with E-state index in [-0.39, 0.29) is 5.43 Å². The van der Waals surface area contributed by atoms with Crippen molar-refractivity contribution in [3.8, 4) is 16.9 Å². The maximum atomic E-state index is 13.1. The summed E-state index contributed by atoms with van der Waals surface area (Å²) in [4.78, 5) is 13.1. The standard InChI is InChI=1S/C22H20O7/c1-10-2-4-11(5-3-10)13-9-27-20-12(17(13)24)6-7-14-16(20)21-22(28-14)19(26)18(25)15(8-23)29-21/h2-7,9,15,18-19,21-23,25-26H,8H2,1H3/t15-,18-,19+,21?,22+/m1/s1. The van der Waals surface area contributed by atoms with E-state index in [4.69, 9.17) is 13.9 Å². The highest BCUT2D eigenvalue weighted by Crippen LogP contribution is 2.47. The van der Waals surface area contributed by atoms with Crippen LogP contribution in [0.25, 0.3) is 22.1 Å². The first-order valence-corrected chi connectivity index (χ1v) is 9.44. The van der Waals surface area contributed by atoms with Crippen molar-refractivity contribution in [1.29, 1.82) is 0 Å². The highest BCUT2D eigenvalue weighted by molar-refractivity contribution is 5.86. The zero-order valence-electron chi connectivity index (χ0n) is 15.6. The molecule has 3 aromatic rings. The van der Waals surface area contributed by atoms with Crippen LogP contribution in [0, 0.1) is 6.92 Å². The quantitative estimate of drug-likeness (QED) is 0.605. The Balaban J connectivity index is 1.65. The molecule has 1 saturated heterocycles. The van der Waals surface area contributed by atoms with Crippen LogP contribution < -0.4 is 10.2 Å². The van der Waals surface area contributed by atoms with Gasteiger partial charge in [0, 0.05) is 0 Å². The van der Waals surface area contributed by atoms with Gasteiger partial charge in [0.15, 0.2) is 6.10 Å². The molecule has 0 amide bonds. The van der Waals surface area contributed by atoms with Crippen LogP contribution in [0.3, 0.4) is 0 Å². The molecule has 7 heteroatoms. The molecule has 0 saturated carbocycles. The molecule has 2 aliphatic rings. The summed E-state index contributed by atoms with van der Waals surface area (Å²) >= 11 is 0. The van der Waals surface area contributed by atoms with Crippen LogP contribution in [0.2, 0.25) is 0 Å². The van der Waals surface area contributed by atoms with Crippen molar-refractivity contribution < 1.29 is 29.2 Å². The molecule has 2 aromatic carbocycles. The highest BCUT2D eigenvalue weighted by Gasteiger charge is 2.51. The van der Waals surface area contributed by atoms with E-state index in [1.165, 1.54) is 6.26 Å². The maximum Gasteiger partial charge on any atom is 0.200 e. The van der Waals surface area contributed by atoms with E-state index < -0.39 is 37.1 Å². The Morgan fingerprint density at radius 2 is 1.79 bits per heavy atom. The van der Waals surface area contributed by atoms with E-state index in [0.717, 1.165) is 11.1 Å². The lowest BCUT2D eigenvalue weighted by atomic mass is 9.92. The summed E-state index contributed by atoms with van der Waals surface area (Å²) in [5.41, 5.74) is 2.93. The molecule has 7 nitrogen and oxygen atoms in total. The van der Waals surface area contributed by atoms with Gasteiger partial charge < -0.3 is 29.2 Å². The molecule has 0 aliphatic carbocycles. The molecule has 150 valence electrons. The highest BCUT2D eigenvalue weighted by atomic mass is 16.6. The summed E-state index contributed by atoms with van der Waals surface area (Å²) in [6.07, 6.45) is -3.68. The van der Waals surface area contributed by atoms with E-state index in [1.807, 2.05) is 31.2 Å². The normalized spacial score (nSPS) is 28.1. The molecule has 1 fully saturated rings. The number of fused-ring (bicyclic) bond motifs is 5. The van der Waals surface area contributed by atoms with E-state index >= 15 is 0 Å². The Bertz CT molecular complexity index is 1130. The SMILES string of the molecule is Cc1ccc(-c2coc3c4c(ccc3c2=O)O[C@@H]2C4O[C@H](CO)[C@@H](O)[C@@H]2O)cc1. The Morgan fingerprint density at radius 1 is 1.03 bits per heavy atom. The number of hydrogen-bond acceptors (Lipinski definition) is 7. The maximum absolute atomic E-state index is 13.1. The van der Waals surface area contributed by atoms with E-state index in [1.54, 1.807) is 12.1 Å². The molecule has 2 aliphatic heterocycles. The van der Waals surface area contributed by atoms with E-state index in [0.29, 0.717) is 27.8 Å². The zero-order valence-corrected chi connectivity index (χ0v) is 15.6. The lowest BCUT2D eigenvalue weighted by molar-refractivity contribution is -0.215. The van der Waals surface area contributed by atoms with Crippen molar-refractivity contribution in [2.24, 2.45) is 0 Å². The summed E-state index contributed by atoms with van der Waals surface area (Å²) in [6.45, 7) is 1.52. The predicted molar refractivity (Wildman–Crippen MR) is 104 cm³/mol. The van der Waals surface area contributed by atoms with Crippen LogP contribution in [0.1, 0.15) is 17.2 Å². The van der Waals surface area contributed by atoms with Crippen molar-refractivity contribution in [1.82, 2.24) is 0 Å². The van der Waals surface area contributed by atoms with Gasteiger partial charge in [-0.05, 0) is 24.6 Å². The second-order valence-corrected chi connectivity index (χ2v) is 7.54. The molecule has 3 N–H and O–H groups in total. The molecule has 1 unspecified atom stereocenters. The van der Waals surface area contributed by atoms with Crippen LogP contribution >= 0.6 is 0 Å². The number of aliphatic hydroxyl groups is 3. The third-order valence-corrected chi connectivity index (χ3v) is 5.72. The average Bonchev–Trinajstić information content (AvgIpc) is 3.11. The number of rotatable bonds is 2. The van der Waals surface area contributed by atoms with Crippen molar-refractivity contribution in [2.75, 3.05) is 6.61 Å². The fourth-order valence-corrected chi connectivity index (χ4v) is 4.11. The lowest BCUT2D eigenvalue weighted by Gasteiger charge is -2.38. The van der Waals surface area contributed by atoms with Gasteiger partial charge in [0.1, 0.15) is 42.0 Å². The largest absolute Gasteiger partial charge is 0.484 e. The van der Waals surface area contributed by atoms with Gasteiger partial charge in [0.05, 0.1) is 23.1 Å². The van der Waals surface area contributed by atoms with Gasteiger partial charge in [-0.1, -0.05) is 29.8 Å². The summed E-state index contributed by atoms with van der Waals surface area (Å²) in [7, 11) is 0. The second kappa shape index (κ2) is 6.67. The second-order valence-electron chi connectivity index (χ2n) is 7.54. The van der Waals surface area contributed by atoms with Gasteiger partial charge in [0.25, 0.3) is 0 Å². The molecule has 3 heterocycles. The van der Waals surface area contributed by atoms with Crippen LogP contribution in [-0.4, -0.2) is 46.3 Å². The molecule has 1 aromatic heterocycles. The lowest BCUT2D eigenvalue weighted by Crippen LogP contribution is -2.55. The van der Waals surface area contributed by atoms with Crippen LogP contribution in [-0.2, 0) is 4.74 Å². The Labute approximate surface area is 165 Å². The molecule has 0 radical (unpaired) electrons. The minimum Gasteiger partial charge on any atom is -0.484 e. The van der Waals surface area contributed by atoms with E-state index in [9.17, 15) is 20.1 Å². The first-order chi connectivity index (χ1) is 14.0. The van der Waals surface area contributed by atoms with Crippen molar-refractivity contribution in [2.45, 2.75) is 37.4 Å². The smallest absolute Gasteiger partial charge is 0.200 e. The zero-order chi connectivity index (χ0) is 20.3. The van der Waals surface area contributed by atoms with Gasteiger partial charge >= 0.3 is 0 Å². The first kappa shape index (κ1) is 18.3. The van der Waals surface area contributed by atoms with Crippen LogP contribution in [0.15, 0.2) is 51.9 Å². The summed E-state index contributed by atoms with van der Waals surface area (Å²) in [6, 6.07) is 10.9. The summed E-state index contributed by atoms with van der Waals surface area (Å²) < 4.78 is 17.4. The topological polar surface area (TPSA) is 109 Å². The van der Waals surface area contributed by atoms with Gasteiger partial charge in [0.2, 0.25) is 5.43 Å². The molecule has 5 atom stereocenters. The Kier molecular flexibility index (Phi) is 4.22. The van der Waals surface area contributed by atoms with Crippen molar-refractivity contribution in [3.05, 3.63) is 64.0 Å². The minimum absolute atomic E-state index is 0.184. The van der Waals surface area contributed by atoms with E-state index in [2.05, 4.69) is 0 Å². The third kappa shape index (κ3) is 2.70. The summed E-state index contributed by atoms with van der Waals surface area (Å²) in [5, 5.41) is 30.4. The molecule has 0 bridgehead atoms. The van der Waals surface area contributed by atoms with Gasteiger partial charge in [-0.2, -0.15) is 0 Å². The van der Waals surface area contributed by atoms with Crippen molar-refractivity contribution in [3.63, 3.8) is 0 Å². The number of aryl methyl sites for hydroxylation is 1. The van der Waals surface area contributed by atoms with Crippen molar-refractivity contribution >= 4 is 11.0 Å². The number of benzene rings is 2. The third-order valence-electron chi connectivity index (χ3n) is 5.72. The van der Waals surface area contributed by atoms with Crippen LogP contribution in [0.4, 0.5) is 0 Å².